The van der Waals surface area contributed by atoms with Crippen molar-refractivity contribution in [2.75, 3.05) is 0 Å². The third-order valence-corrected chi connectivity index (χ3v) is 11.6. The summed E-state index contributed by atoms with van der Waals surface area (Å²) in [5.74, 6) is 0.106. The Bertz CT molecular complexity index is 1020. The van der Waals surface area contributed by atoms with Crippen molar-refractivity contribution in [1.82, 2.24) is 0 Å². The van der Waals surface area contributed by atoms with E-state index in [0.29, 0.717) is 6.42 Å². The molecule has 194 valence electrons. The molecule has 0 radical (unpaired) electrons. The predicted molar refractivity (Wildman–Crippen MR) is 126 cm³/mol. The van der Waals surface area contributed by atoms with Crippen molar-refractivity contribution in [3.63, 3.8) is 0 Å². The molecule has 5 unspecified atom stereocenters. The average Bonchev–Trinajstić information content (AvgIpc) is 3.35. The highest BCUT2D eigenvalue weighted by Gasteiger charge is 2.88. The average molecular weight is 489 g/mol. The molecule has 0 amide bonds. The number of aliphatic hydroxyl groups excluding tert-OH is 2. The molecule has 5 fully saturated rings. The highest BCUT2D eigenvalue weighted by molar-refractivity contribution is 5.82. The van der Waals surface area contributed by atoms with E-state index in [1.165, 1.54) is 0 Å². The summed E-state index contributed by atoms with van der Waals surface area (Å²) in [6, 6.07) is 1.88. The number of aliphatic hydroxyl groups is 2. The van der Waals surface area contributed by atoms with E-state index in [1.54, 1.807) is 19.5 Å². The molecule has 6 rings (SSSR count). The van der Waals surface area contributed by atoms with Crippen LogP contribution in [0, 0.1) is 33.5 Å². The minimum absolute atomic E-state index is 0.0465. The van der Waals surface area contributed by atoms with Crippen LogP contribution in [-0.4, -0.2) is 46.4 Å². The molecule has 0 bridgehead atoms. The van der Waals surface area contributed by atoms with Gasteiger partial charge in [0.25, 0.3) is 0 Å². The zero-order chi connectivity index (χ0) is 25.2. The number of ether oxygens (including phenoxy) is 3. The Morgan fingerprint density at radius 1 is 1.09 bits per heavy atom. The summed E-state index contributed by atoms with van der Waals surface area (Å²) in [5.41, 5.74) is -1.21. The van der Waals surface area contributed by atoms with Crippen LogP contribution in [0.1, 0.15) is 85.3 Å². The number of hydrogen-bond acceptors (Lipinski definition) is 7. The molecule has 7 nitrogen and oxygen atoms in total. The van der Waals surface area contributed by atoms with E-state index in [-0.39, 0.29) is 40.8 Å². The van der Waals surface area contributed by atoms with E-state index in [4.69, 9.17) is 18.6 Å². The molecular weight excluding hydrogens is 448 g/mol. The number of epoxide rings is 1. The van der Waals surface area contributed by atoms with Gasteiger partial charge in [0.1, 0.15) is 11.7 Å². The standard InChI is InChI=1S/C28H40O7/c1-15(29)33-20-13-18-24(2,3)19(30)8-10-25(18,4)17-7-11-26(5)21(16-9-12-32-14-16)34-23(31)22-28(26,35-22)27(17,20)6/h9,12,14-15,17-22,29-30H,7-8,10-11,13H2,1-6H3/t15?,17?,18?,19-,20-,21+,22?,25-,26+,27+,28?/m1/s1. The van der Waals surface area contributed by atoms with Gasteiger partial charge in [-0.15, -0.1) is 0 Å². The van der Waals surface area contributed by atoms with Gasteiger partial charge in [-0.1, -0.05) is 34.6 Å². The second-order valence-corrected chi connectivity index (χ2v) is 13.3. The largest absolute Gasteiger partial charge is 0.472 e. The Morgan fingerprint density at radius 3 is 2.49 bits per heavy atom. The number of cyclic esters (lactones) is 1. The Morgan fingerprint density at radius 2 is 1.83 bits per heavy atom. The summed E-state index contributed by atoms with van der Waals surface area (Å²) < 4.78 is 24.3. The summed E-state index contributed by atoms with van der Waals surface area (Å²) in [6.07, 6.45) is 4.74. The summed E-state index contributed by atoms with van der Waals surface area (Å²) in [7, 11) is 0. The highest BCUT2D eigenvalue weighted by atomic mass is 16.7. The Kier molecular flexibility index (Phi) is 4.87. The maximum absolute atomic E-state index is 13.3. The van der Waals surface area contributed by atoms with Crippen molar-refractivity contribution in [3.8, 4) is 0 Å². The van der Waals surface area contributed by atoms with Crippen LogP contribution in [0.2, 0.25) is 0 Å². The van der Waals surface area contributed by atoms with Crippen LogP contribution in [0.5, 0.6) is 0 Å². The molecule has 7 heteroatoms. The number of furan rings is 1. The molecule has 11 atom stereocenters. The SMILES string of the molecule is CC(O)O[C@@H]1CC2C(C)(C)[C@H](O)CC[C@]2(C)C2CC[C@@]3(C)[C@H](c4ccoc4)OC(=O)C4OC43[C@@]21C. The molecule has 3 saturated carbocycles. The van der Waals surface area contributed by atoms with Crippen LogP contribution in [0.4, 0.5) is 0 Å². The number of fused-ring (bicyclic) bond motifs is 3. The molecule has 35 heavy (non-hydrogen) atoms. The normalized spacial score (nSPS) is 52.9. The monoisotopic (exact) mass is 488 g/mol. The number of carbonyl (C=O) groups is 1. The van der Waals surface area contributed by atoms with E-state index >= 15 is 0 Å². The molecule has 1 aromatic rings. The summed E-state index contributed by atoms with van der Waals surface area (Å²) in [5, 5.41) is 21.4. The van der Waals surface area contributed by atoms with Crippen LogP contribution in [-0.2, 0) is 19.0 Å². The quantitative estimate of drug-likeness (QED) is 0.370. The van der Waals surface area contributed by atoms with Crippen molar-refractivity contribution in [3.05, 3.63) is 24.2 Å². The van der Waals surface area contributed by atoms with Crippen molar-refractivity contribution < 1.29 is 33.6 Å². The first-order valence-electron chi connectivity index (χ1n) is 13.3. The first-order valence-corrected chi connectivity index (χ1v) is 13.3. The van der Waals surface area contributed by atoms with Gasteiger partial charge in [0.05, 0.1) is 24.7 Å². The van der Waals surface area contributed by atoms with Crippen molar-refractivity contribution in [1.29, 1.82) is 0 Å². The lowest BCUT2D eigenvalue weighted by Gasteiger charge is -2.70. The first-order chi connectivity index (χ1) is 16.3. The minimum Gasteiger partial charge on any atom is -0.472 e. The summed E-state index contributed by atoms with van der Waals surface area (Å²) in [4.78, 5) is 13.3. The smallest absolute Gasteiger partial charge is 0.339 e. The fourth-order valence-corrected chi connectivity index (χ4v) is 9.95. The van der Waals surface area contributed by atoms with Crippen LogP contribution in [0.25, 0.3) is 0 Å². The maximum Gasteiger partial charge on any atom is 0.339 e. The predicted octanol–water partition coefficient (Wildman–Crippen LogP) is 4.37. The van der Waals surface area contributed by atoms with E-state index < -0.39 is 34.9 Å². The van der Waals surface area contributed by atoms with E-state index in [9.17, 15) is 15.0 Å². The minimum atomic E-state index is -0.944. The molecular formula is C28H40O7. The molecule has 2 aliphatic heterocycles. The summed E-state index contributed by atoms with van der Waals surface area (Å²) >= 11 is 0. The number of rotatable bonds is 3. The van der Waals surface area contributed by atoms with Gasteiger partial charge in [-0.3, -0.25) is 0 Å². The van der Waals surface area contributed by atoms with Gasteiger partial charge in [-0.25, -0.2) is 4.79 Å². The zero-order valence-electron chi connectivity index (χ0n) is 21.7. The molecule has 1 aromatic heterocycles. The highest BCUT2D eigenvalue weighted by Crippen LogP contribution is 2.80. The second-order valence-electron chi connectivity index (χ2n) is 13.3. The van der Waals surface area contributed by atoms with Crippen molar-refractivity contribution in [2.45, 2.75) is 110 Å². The first kappa shape index (κ1) is 24.0. The molecule has 3 aliphatic carbocycles. The van der Waals surface area contributed by atoms with Gasteiger partial charge in [-0.2, -0.15) is 0 Å². The lowest BCUT2D eigenvalue weighted by atomic mass is 9.34. The Labute approximate surface area is 207 Å². The van der Waals surface area contributed by atoms with Gasteiger partial charge >= 0.3 is 5.97 Å². The van der Waals surface area contributed by atoms with Gasteiger partial charge in [-0.05, 0) is 67.8 Å². The number of esters is 1. The topological polar surface area (TPSA) is 102 Å². The number of carbonyl (C=O) groups excluding carboxylic acids is 1. The van der Waals surface area contributed by atoms with Gasteiger partial charge in [0, 0.05) is 16.4 Å². The molecule has 2 saturated heterocycles. The Balaban J connectivity index is 1.52. The summed E-state index contributed by atoms with van der Waals surface area (Å²) in [6.45, 7) is 12.8. The Hall–Kier alpha value is -1.41. The third-order valence-electron chi connectivity index (χ3n) is 11.6. The fraction of sp³-hybridized carbons (Fsp3) is 0.821. The lowest BCUT2D eigenvalue weighted by Crippen LogP contribution is -2.73. The maximum atomic E-state index is 13.3. The second kappa shape index (κ2) is 7.12. The van der Waals surface area contributed by atoms with Crippen LogP contribution in [0.3, 0.4) is 0 Å². The fourth-order valence-electron chi connectivity index (χ4n) is 9.95. The molecule has 0 aromatic carbocycles. The van der Waals surface area contributed by atoms with E-state index in [2.05, 4.69) is 34.6 Å². The van der Waals surface area contributed by atoms with Crippen LogP contribution >= 0.6 is 0 Å². The number of hydrogen-bond donors (Lipinski definition) is 2. The van der Waals surface area contributed by atoms with Crippen LogP contribution in [0.15, 0.2) is 23.0 Å². The molecule has 5 aliphatic rings. The zero-order valence-corrected chi connectivity index (χ0v) is 21.7. The van der Waals surface area contributed by atoms with Gasteiger partial charge < -0.3 is 28.8 Å². The molecule has 2 N–H and O–H groups in total. The van der Waals surface area contributed by atoms with E-state index in [0.717, 1.165) is 31.2 Å². The van der Waals surface area contributed by atoms with E-state index in [1.807, 2.05) is 6.07 Å². The van der Waals surface area contributed by atoms with Crippen LogP contribution < -0.4 is 0 Å². The van der Waals surface area contributed by atoms with Crippen molar-refractivity contribution in [2.24, 2.45) is 33.5 Å². The lowest BCUT2D eigenvalue weighted by molar-refractivity contribution is -0.298. The van der Waals surface area contributed by atoms with Gasteiger partial charge in [0.2, 0.25) is 0 Å². The third kappa shape index (κ3) is 2.68. The molecule has 3 heterocycles. The van der Waals surface area contributed by atoms with Crippen molar-refractivity contribution >= 4 is 5.97 Å². The molecule has 1 spiro atoms. The van der Waals surface area contributed by atoms with Gasteiger partial charge in [0.15, 0.2) is 12.4 Å².